The second-order valence-electron chi connectivity index (χ2n) is 6.04. The number of carbonyl (C=O) groups excluding carboxylic acids is 1. The first kappa shape index (κ1) is 15.1. The summed E-state index contributed by atoms with van der Waals surface area (Å²) in [4.78, 5) is 19.1. The van der Waals surface area contributed by atoms with E-state index in [0.717, 1.165) is 31.4 Å². The van der Waals surface area contributed by atoms with E-state index in [1.54, 1.807) is 35.3 Å². The van der Waals surface area contributed by atoms with Crippen LogP contribution in [0.15, 0.2) is 36.0 Å². The lowest BCUT2D eigenvalue weighted by Crippen LogP contribution is -2.45. The predicted octanol–water partition coefficient (Wildman–Crippen LogP) is 2.43. The predicted molar refractivity (Wildman–Crippen MR) is 95.5 cm³/mol. The van der Waals surface area contributed by atoms with Crippen LogP contribution in [0.3, 0.4) is 0 Å². The first-order valence-electron chi connectivity index (χ1n) is 8.08. The third kappa shape index (κ3) is 2.75. The van der Waals surface area contributed by atoms with Crippen LogP contribution in [0.1, 0.15) is 23.3 Å². The van der Waals surface area contributed by atoms with Gasteiger partial charge in [0.05, 0.1) is 15.9 Å². The van der Waals surface area contributed by atoms with Crippen molar-refractivity contribution in [3.8, 4) is 0 Å². The molecular weight excluding hydrogens is 322 g/mol. The lowest BCUT2D eigenvalue weighted by Gasteiger charge is -2.34. The maximum Gasteiger partial charge on any atom is 0.269 e. The molecule has 1 aliphatic rings. The van der Waals surface area contributed by atoms with Crippen LogP contribution in [0.2, 0.25) is 0 Å². The third-order valence-electron chi connectivity index (χ3n) is 4.55. The van der Waals surface area contributed by atoms with Crippen molar-refractivity contribution in [2.24, 2.45) is 7.05 Å². The molecule has 3 aromatic heterocycles. The molecular formula is C17H19N5OS. The van der Waals surface area contributed by atoms with Gasteiger partial charge in [-0.25, -0.2) is 0 Å². The summed E-state index contributed by atoms with van der Waals surface area (Å²) in [5.74, 6) is -0.0435. The molecule has 0 bridgehead atoms. The number of anilines is 1. The minimum atomic E-state index is -0.0435. The average Bonchev–Trinajstić information content (AvgIpc) is 3.23. The Morgan fingerprint density at radius 2 is 2.08 bits per heavy atom. The van der Waals surface area contributed by atoms with Gasteiger partial charge < -0.3 is 10.2 Å². The van der Waals surface area contributed by atoms with Crippen molar-refractivity contribution >= 4 is 33.1 Å². The van der Waals surface area contributed by atoms with Gasteiger partial charge >= 0.3 is 0 Å². The molecule has 4 rings (SSSR count). The van der Waals surface area contributed by atoms with Crippen molar-refractivity contribution in [1.29, 1.82) is 0 Å². The summed E-state index contributed by atoms with van der Waals surface area (Å²) >= 11 is 1.74. The number of hydrogen-bond donors (Lipinski definition) is 1. The first-order chi connectivity index (χ1) is 11.7. The van der Waals surface area contributed by atoms with Crippen LogP contribution in [-0.4, -0.2) is 39.8 Å². The van der Waals surface area contributed by atoms with Gasteiger partial charge in [-0.2, -0.15) is 5.10 Å². The van der Waals surface area contributed by atoms with Crippen LogP contribution in [0.4, 0.5) is 5.69 Å². The highest BCUT2D eigenvalue weighted by molar-refractivity contribution is 7.17. The first-order valence-corrected chi connectivity index (χ1v) is 8.96. The average molecular weight is 341 g/mol. The van der Waals surface area contributed by atoms with E-state index in [0.29, 0.717) is 5.69 Å². The molecule has 1 fully saturated rings. The molecule has 24 heavy (non-hydrogen) atoms. The summed E-state index contributed by atoms with van der Waals surface area (Å²) in [7, 11) is 1.78. The van der Waals surface area contributed by atoms with Crippen LogP contribution < -0.4 is 10.2 Å². The zero-order valence-corrected chi connectivity index (χ0v) is 14.3. The van der Waals surface area contributed by atoms with Crippen molar-refractivity contribution in [2.75, 3.05) is 18.0 Å². The van der Waals surface area contributed by atoms with E-state index in [4.69, 9.17) is 0 Å². The molecule has 4 heterocycles. The fourth-order valence-corrected chi connectivity index (χ4v) is 4.12. The molecule has 6 nitrogen and oxygen atoms in total. The van der Waals surface area contributed by atoms with Gasteiger partial charge in [0.25, 0.3) is 5.91 Å². The molecule has 0 spiro atoms. The summed E-state index contributed by atoms with van der Waals surface area (Å²) in [5, 5.41) is 9.26. The molecule has 1 aliphatic heterocycles. The van der Waals surface area contributed by atoms with E-state index in [1.165, 1.54) is 10.4 Å². The normalized spacial score (nSPS) is 15.8. The number of aromatic nitrogens is 3. The monoisotopic (exact) mass is 341 g/mol. The highest BCUT2D eigenvalue weighted by Gasteiger charge is 2.23. The molecule has 1 N–H and O–H groups in total. The van der Waals surface area contributed by atoms with Crippen molar-refractivity contribution < 1.29 is 4.79 Å². The van der Waals surface area contributed by atoms with Crippen molar-refractivity contribution in [2.45, 2.75) is 18.9 Å². The lowest BCUT2D eigenvalue weighted by molar-refractivity contribution is 0.0921. The Hall–Kier alpha value is -2.41. The Morgan fingerprint density at radius 1 is 1.25 bits per heavy atom. The third-order valence-corrected chi connectivity index (χ3v) is 5.47. The Labute approximate surface area is 144 Å². The molecule has 3 aromatic rings. The summed E-state index contributed by atoms with van der Waals surface area (Å²) in [6.45, 7) is 1.88. The fraction of sp³-hybridized carbons (Fsp3) is 0.353. The van der Waals surface area contributed by atoms with Gasteiger partial charge in [-0.15, -0.1) is 11.3 Å². The summed E-state index contributed by atoms with van der Waals surface area (Å²) in [6.07, 6.45) is 5.41. The highest BCUT2D eigenvalue weighted by Crippen LogP contribution is 2.31. The zero-order valence-electron chi connectivity index (χ0n) is 13.5. The lowest BCUT2D eigenvalue weighted by atomic mass is 10.0. The number of rotatable bonds is 3. The topological polar surface area (TPSA) is 63.1 Å². The molecule has 0 radical (unpaired) electrons. The van der Waals surface area contributed by atoms with Gasteiger partial charge in [0, 0.05) is 38.6 Å². The van der Waals surface area contributed by atoms with Crippen molar-refractivity contribution in [3.63, 3.8) is 0 Å². The van der Waals surface area contributed by atoms with Gasteiger partial charge in [-0.1, -0.05) is 0 Å². The molecule has 0 aromatic carbocycles. The number of aryl methyl sites for hydroxylation is 1. The second-order valence-corrected chi connectivity index (χ2v) is 6.96. The van der Waals surface area contributed by atoms with E-state index in [1.807, 2.05) is 6.20 Å². The number of thiophene rings is 1. The number of nitrogens with zero attached hydrogens (tertiary/aromatic N) is 4. The molecule has 0 unspecified atom stereocenters. The number of fused-ring (bicyclic) bond motifs is 1. The van der Waals surface area contributed by atoms with Crippen LogP contribution in [-0.2, 0) is 7.05 Å². The Kier molecular flexibility index (Phi) is 3.93. The Bertz CT molecular complexity index is 863. The molecule has 1 saturated heterocycles. The van der Waals surface area contributed by atoms with Crippen molar-refractivity contribution in [3.05, 3.63) is 41.7 Å². The second kappa shape index (κ2) is 6.24. The summed E-state index contributed by atoms with van der Waals surface area (Å²) < 4.78 is 2.85. The molecule has 0 saturated carbocycles. The van der Waals surface area contributed by atoms with Gasteiger partial charge in [-0.3, -0.25) is 14.5 Å². The SMILES string of the molecule is Cn1nccc1C(=O)NC1CCN(c2ccnc3ccsc23)CC1. The van der Waals surface area contributed by atoms with Crippen LogP contribution in [0.25, 0.3) is 10.2 Å². The number of amides is 1. The van der Waals surface area contributed by atoms with E-state index in [-0.39, 0.29) is 11.9 Å². The number of hydrogen-bond acceptors (Lipinski definition) is 5. The summed E-state index contributed by atoms with van der Waals surface area (Å²) in [6, 6.07) is 6.11. The molecule has 0 aliphatic carbocycles. The summed E-state index contributed by atoms with van der Waals surface area (Å²) in [5.41, 5.74) is 2.92. The maximum atomic E-state index is 12.3. The number of pyridine rings is 1. The minimum Gasteiger partial charge on any atom is -0.370 e. The van der Waals surface area contributed by atoms with Crippen molar-refractivity contribution in [1.82, 2.24) is 20.1 Å². The standard InChI is InChI=1S/C17H19N5OS/c1-21-15(3-8-19-21)17(23)20-12-4-9-22(10-5-12)14-2-7-18-13-6-11-24-16(13)14/h2-3,6-8,11-12H,4-5,9-10H2,1H3,(H,20,23). The van der Waals surface area contributed by atoms with E-state index in [9.17, 15) is 4.79 Å². The van der Waals surface area contributed by atoms with E-state index < -0.39 is 0 Å². The largest absolute Gasteiger partial charge is 0.370 e. The van der Waals surface area contributed by atoms with Crippen LogP contribution >= 0.6 is 11.3 Å². The molecule has 1 amide bonds. The quantitative estimate of drug-likeness (QED) is 0.795. The fourth-order valence-electron chi connectivity index (χ4n) is 3.23. The minimum absolute atomic E-state index is 0.0435. The number of piperidine rings is 1. The zero-order chi connectivity index (χ0) is 16.5. The maximum absolute atomic E-state index is 12.3. The van der Waals surface area contributed by atoms with Crippen LogP contribution in [0, 0.1) is 0 Å². The van der Waals surface area contributed by atoms with Gasteiger partial charge in [-0.05, 0) is 36.4 Å². The van der Waals surface area contributed by atoms with Gasteiger partial charge in [0.2, 0.25) is 0 Å². The highest BCUT2D eigenvalue weighted by atomic mass is 32.1. The molecule has 124 valence electrons. The van der Waals surface area contributed by atoms with Gasteiger partial charge in [0.1, 0.15) is 5.69 Å². The van der Waals surface area contributed by atoms with Crippen LogP contribution in [0.5, 0.6) is 0 Å². The Balaban J connectivity index is 1.41. The van der Waals surface area contributed by atoms with Gasteiger partial charge in [0.15, 0.2) is 0 Å². The number of carbonyl (C=O) groups is 1. The number of nitrogens with one attached hydrogen (secondary N) is 1. The van der Waals surface area contributed by atoms with E-state index in [2.05, 4.69) is 37.8 Å². The molecule has 7 heteroatoms. The molecule has 0 atom stereocenters. The smallest absolute Gasteiger partial charge is 0.269 e. The van der Waals surface area contributed by atoms with E-state index >= 15 is 0 Å². The Morgan fingerprint density at radius 3 is 2.83 bits per heavy atom.